The minimum Gasteiger partial charge on any atom is -0.342 e. The van der Waals surface area contributed by atoms with Crippen LogP contribution < -0.4 is 0 Å². The molecule has 6 nitrogen and oxygen atoms in total. The van der Waals surface area contributed by atoms with Gasteiger partial charge in [-0.2, -0.15) is 0 Å². The number of pyridine rings is 1. The molecular formula is C22H28N4O2. The van der Waals surface area contributed by atoms with Crippen molar-refractivity contribution in [2.24, 2.45) is 0 Å². The van der Waals surface area contributed by atoms with Crippen LogP contribution in [0.5, 0.6) is 0 Å². The Morgan fingerprint density at radius 2 is 1.50 bits per heavy atom. The lowest BCUT2D eigenvalue weighted by atomic mass is 10.2. The number of benzene rings is 1. The zero-order valence-corrected chi connectivity index (χ0v) is 16.3. The van der Waals surface area contributed by atoms with Crippen molar-refractivity contribution < 1.29 is 9.59 Å². The third kappa shape index (κ3) is 4.33. The molecular weight excluding hydrogens is 352 g/mol. The van der Waals surface area contributed by atoms with E-state index in [-0.39, 0.29) is 11.8 Å². The summed E-state index contributed by atoms with van der Waals surface area (Å²) in [7, 11) is 0. The second kappa shape index (κ2) is 8.69. The van der Waals surface area contributed by atoms with Gasteiger partial charge in [0.1, 0.15) is 5.69 Å². The molecule has 1 aromatic carbocycles. The van der Waals surface area contributed by atoms with Gasteiger partial charge in [-0.15, -0.1) is 0 Å². The monoisotopic (exact) mass is 380 g/mol. The fourth-order valence-electron chi connectivity index (χ4n) is 4.07. The van der Waals surface area contributed by atoms with E-state index in [2.05, 4.69) is 9.88 Å². The molecule has 1 aromatic heterocycles. The highest BCUT2D eigenvalue weighted by molar-refractivity contribution is 5.95. The van der Waals surface area contributed by atoms with Crippen LogP contribution in [-0.4, -0.2) is 77.3 Å². The molecule has 4 rings (SSSR count). The summed E-state index contributed by atoms with van der Waals surface area (Å²) >= 11 is 0. The second-order valence-corrected chi connectivity index (χ2v) is 7.75. The Morgan fingerprint density at radius 3 is 2.25 bits per heavy atom. The average Bonchev–Trinajstić information content (AvgIpc) is 3.03. The number of piperazine rings is 1. The van der Waals surface area contributed by atoms with Crippen LogP contribution in [0, 0.1) is 0 Å². The maximum Gasteiger partial charge on any atom is 0.272 e. The maximum atomic E-state index is 12.8. The lowest BCUT2D eigenvalue weighted by Crippen LogP contribution is -2.51. The fraction of sp³-hybridized carbons (Fsp3) is 0.500. The Bertz CT molecular complexity index is 837. The third-order valence-electron chi connectivity index (χ3n) is 5.79. The topological polar surface area (TPSA) is 56.8 Å². The van der Waals surface area contributed by atoms with E-state index in [1.165, 1.54) is 12.8 Å². The van der Waals surface area contributed by atoms with E-state index in [0.717, 1.165) is 49.9 Å². The second-order valence-electron chi connectivity index (χ2n) is 7.75. The first-order chi connectivity index (χ1) is 13.7. The van der Waals surface area contributed by atoms with Gasteiger partial charge in [-0.25, -0.2) is 4.98 Å². The smallest absolute Gasteiger partial charge is 0.272 e. The van der Waals surface area contributed by atoms with Gasteiger partial charge in [0.15, 0.2) is 0 Å². The molecule has 2 aliphatic heterocycles. The zero-order chi connectivity index (χ0) is 19.3. The molecule has 2 amide bonds. The molecule has 2 aliphatic rings. The van der Waals surface area contributed by atoms with E-state index >= 15 is 0 Å². The first kappa shape index (κ1) is 18.9. The summed E-state index contributed by atoms with van der Waals surface area (Å²) in [6.45, 7) is 5.01. The fourth-order valence-corrected chi connectivity index (χ4v) is 4.07. The summed E-state index contributed by atoms with van der Waals surface area (Å²) in [5.74, 6) is 0.210. The van der Waals surface area contributed by atoms with Crippen LogP contribution in [-0.2, 0) is 4.79 Å². The van der Waals surface area contributed by atoms with Gasteiger partial charge < -0.3 is 9.80 Å². The quantitative estimate of drug-likeness (QED) is 0.821. The number of para-hydroxylation sites is 1. The van der Waals surface area contributed by atoms with Gasteiger partial charge >= 0.3 is 0 Å². The number of rotatable bonds is 3. The molecule has 3 heterocycles. The van der Waals surface area contributed by atoms with Crippen LogP contribution in [0.1, 0.15) is 36.2 Å². The molecule has 0 atom stereocenters. The zero-order valence-electron chi connectivity index (χ0n) is 16.3. The summed E-state index contributed by atoms with van der Waals surface area (Å²) in [6.07, 6.45) is 4.69. The van der Waals surface area contributed by atoms with Crippen LogP contribution >= 0.6 is 0 Å². The van der Waals surface area contributed by atoms with Crippen LogP contribution in [0.4, 0.5) is 0 Å². The highest BCUT2D eigenvalue weighted by atomic mass is 16.2. The largest absolute Gasteiger partial charge is 0.342 e. The number of carbonyl (C=O) groups is 2. The van der Waals surface area contributed by atoms with E-state index in [9.17, 15) is 9.59 Å². The molecule has 148 valence electrons. The molecule has 0 bridgehead atoms. The Hall–Kier alpha value is -2.47. The molecule has 0 aliphatic carbocycles. The van der Waals surface area contributed by atoms with E-state index in [1.807, 2.05) is 40.1 Å². The van der Waals surface area contributed by atoms with Crippen LogP contribution in [0.2, 0.25) is 0 Å². The van der Waals surface area contributed by atoms with E-state index in [4.69, 9.17) is 0 Å². The number of amides is 2. The minimum atomic E-state index is -0.0238. The van der Waals surface area contributed by atoms with Gasteiger partial charge in [-0.1, -0.05) is 37.1 Å². The third-order valence-corrected chi connectivity index (χ3v) is 5.79. The highest BCUT2D eigenvalue weighted by Gasteiger charge is 2.25. The van der Waals surface area contributed by atoms with E-state index in [1.54, 1.807) is 6.07 Å². The number of hydrogen-bond donors (Lipinski definition) is 0. The standard InChI is InChI=1S/C22H28N4O2/c27-21(25-11-5-1-2-6-12-25)17-24-13-15-26(16-14-24)22(28)20-10-9-18-7-3-4-8-19(18)23-20/h3-4,7-10H,1-2,5-6,11-17H2. The normalized spacial score (nSPS) is 18.9. The van der Waals surface area contributed by atoms with Crippen molar-refractivity contribution in [1.82, 2.24) is 19.7 Å². The van der Waals surface area contributed by atoms with Gasteiger partial charge in [0, 0.05) is 44.7 Å². The molecule has 2 saturated heterocycles. The summed E-state index contributed by atoms with van der Waals surface area (Å²) in [4.78, 5) is 36.0. The van der Waals surface area contributed by atoms with Gasteiger partial charge in [-0.3, -0.25) is 14.5 Å². The van der Waals surface area contributed by atoms with Crippen molar-refractivity contribution in [2.45, 2.75) is 25.7 Å². The van der Waals surface area contributed by atoms with Crippen molar-refractivity contribution in [3.63, 3.8) is 0 Å². The first-order valence-electron chi connectivity index (χ1n) is 10.4. The SMILES string of the molecule is O=C(CN1CCN(C(=O)c2ccc3ccccc3n2)CC1)N1CCCCCC1. The highest BCUT2D eigenvalue weighted by Crippen LogP contribution is 2.15. The number of aromatic nitrogens is 1. The van der Waals surface area contributed by atoms with E-state index in [0.29, 0.717) is 25.3 Å². The molecule has 2 fully saturated rings. The van der Waals surface area contributed by atoms with Crippen molar-refractivity contribution >= 4 is 22.7 Å². The molecule has 0 unspecified atom stereocenters. The number of fused-ring (bicyclic) bond motifs is 1. The molecule has 6 heteroatoms. The van der Waals surface area contributed by atoms with Gasteiger partial charge in [-0.05, 0) is 25.0 Å². The van der Waals surface area contributed by atoms with Crippen molar-refractivity contribution in [1.29, 1.82) is 0 Å². The summed E-state index contributed by atoms with van der Waals surface area (Å²) < 4.78 is 0. The summed E-state index contributed by atoms with van der Waals surface area (Å²) in [5.41, 5.74) is 1.34. The summed E-state index contributed by atoms with van der Waals surface area (Å²) in [5, 5.41) is 1.04. The Kier molecular flexibility index (Phi) is 5.86. The Labute approximate surface area is 166 Å². The number of hydrogen-bond acceptors (Lipinski definition) is 4. The Morgan fingerprint density at radius 1 is 0.786 bits per heavy atom. The van der Waals surface area contributed by atoms with Crippen molar-refractivity contribution in [3.05, 3.63) is 42.1 Å². The average molecular weight is 380 g/mol. The molecule has 0 saturated carbocycles. The van der Waals surface area contributed by atoms with Crippen molar-refractivity contribution in [3.8, 4) is 0 Å². The molecule has 0 N–H and O–H groups in total. The van der Waals surface area contributed by atoms with E-state index < -0.39 is 0 Å². The molecule has 0 radical (unpaired) electrons. The predicted octanol–water partition coefficient (Wildman–Crippen LogP) is 2.40. The lowest BCUT2D eigenvalue weighted by molar-refractivity contribution is -0.132. The van der Waals surface area contributed by atoms with Crippen LogP contribution in [0.3, 0.4) is 0 Å². The maximum absolute atomic E-state index is 12.8. The van der Waals surface area contributed by atoms with Crippen LogP contribution in [0.15, 0.2) is 36.4 Å². The minimum absolute atomic E-state index is 0.0238. The van der Waals surface area contributed by atoms with Gasteiger partial charge in [0.2, 0.25) is 5.91 Å². The van der Waals surface area contributed by atoms with Crippen molar-refractivity contribution in [2.75, 3.05) is 45.8 Å². The van der Waals surface area contributed by atoms with Crippen LogP contribution in [0.25, 0.3) is 10.9 Å². The Balaban J connectivity index is 1.31. The number of carbonyl (C=O) groups excluding carboxylic acids is 2. The first-order valence-corrected chi connectivity index (χ1v) is 10.4. The lowest BCUT2D eigenvalue weighted by Gasteiger charge is -2.35. The molecule has 0 spiro atoms. The number of likely N-dealkylation sites (tertiary alicyclic amines) is 1. The van der Waals surface area contributed by atoms with Gasteiger partial charge in [0.25, 0.3) is 5.91 Å². The number of nitrogens with zero attached hydrogens (tertiary/aromatic N) is 4. The van der Waals surface area contributed by atoms with Gasteiger partial charge in [0.05, 0.1) is 12.1 Å². The molecule has 2 aromatic rings. The molecule has 28 heavy (non-hydrogen) atoms. The summed E-state index contributed by atoms with van der Waals surface area (Å²) in [6, 6.07) is 11.6. The predicted molar refractivity (Wildman–Crippen MR) is 109 cm³/mol.